The molecule has 31 heavy (non-hydrogen) atoms. The lowest BCUT2D eigenvalue weighted by Crippen LogP contribution is -2.58. The zero-order chi connectivity index (χ0) is 21.7. The van der Waals surface area contributed by atoms with Gasteiger partial charge >= 0.3 is 0 Å². The minimum atomic E-state index is -0.547. The summed E-state index contributed by atoms with van der Waals surface area (Å²) in [5.41, 5.74) is 1.76. The number of fused-ring (bicyclic) bond motifs is 2. The first-order chi connectivity index (χ1) is 15.1. The van der Waals surface area contributed by atoms with Crippen LogP contribution in [0.4, 0.5) is 0 Å². The summed E-state index contributed by atoms with van der Waals surface area (Å²) in [6.07, 6.45) is 11.7. The van der Waals surface area contributed by atoms with Crippen molar-refractivity contribution in [1.82, 2.24) is 0 Å². The molecule has 2 saturated heterocycles. The molecule has 0 amide bonds. The van der Waals surface area contributed by atoms with Crippen molar-refractivity contribution in [2.75, 3.05) is 13.6 Å². The molecular weight excluding hydrogens is 376 g/mol. The predicted molar refractivity (Wildman–Crippen MR) is 129 cm³/mol. The number of unbranched alkanes of at least 4 members (excludes halogenated alkanes) is 3. The third kappa shape index (κ3) is 4.31. The van der Waals surface area contributed by atoms with Crippen molar-refractivity contribution >= 4 is 0 Å². The van der Waals surface area contributed by atoms with Crippen LogP contribution in [-0.2, 0) is 5.41 Å². The number of piperidine rings is 1. The standard InChI is InChI=1S/C29H39N2/c1-3-4-5-12-19-31(2)27-17-18-28(31)21-24(20-27)22-29(23-30,25-13-8-6-9-14-25)26-15-10-7-11-16-26/h6-11,13-16,24,27-28H,3-5,12,17-22H2,1-2H3/q+1. The smallest absolute Gasteiger partial charge is 0.107 e. The highest BCUT2D eigenvalue weighted by Crippen LogP contribution is 2.48. The zero-order valence-electron chi connectivity index (χ0n) is 19.5. The topological polar surface area (TPSA) is 23.8 Å². The molecule has 0 radical (unpaired) electrons. The highest BCUT2D eigenvalue weighted by molar-refractivity contribution is 5.45. The molecule has 0 aliphatic carbocycles. The van der Waals surface area contributed by atoms with Crippen molar-refractivity contribution in [2.45, 2.75) is 82.2 Å². The zero-order valence-corrected chi connectivity index (χ0v) is 19.5. The van der Waals surface area contributed by atoms with Crippen LogP contribution in [0.5, 0.6) is 0 Å². The van der Waals surface area contributed by atoms with E-state index >= 15 is 0 Å². The normalized spacial score (nSPS) is 27.7. The van der Waals surface area contributed by atoms with Gasteiger partial charge in [0.05, 0.1) is 31.7 Å². The maximum absolute atomic E-state index is 10.6. The van der Waals surface area contributed by atoms with Crippen LogP contribution in [-0.4, -0.2) is 30.2 Å². The van der Waals surface area contributed by atoms with Gasteiger partial charge in [-0.1, -0.05) is 80.4 Å². The molecule has 0 aromatic heterocycles. The fourth-order valence-electron chi connectivity index (χ4n) is 6.72. The van der Waals surface area contributed by atoms with E-state index in [1.165, 1.54) is 62.4 Å². The Morgan fingerprint density at radius 1 is 0.871 bits per heavy atom. The first-order valence-electron chi connectivity index (χ1n) is 12.5. The average Bonchev–Trinajstić information content (AvgIpc) is 2.98. The molecule has 0 saturated carbocycles. The van der Waals surface area contributed by atoms with E-state index in [1.807, 2.05) is 0 Å². The molecule has 2 aromatic rings. The van der Waals surface area contributed by atoms with Gasteiger partial charge < -0.3 is 4.48 Å². The number of rotatable bonds is 9. The summed E-state index contributed by atoms with van der Waals surface area (Å²) < 4.78 is 1.30. The number of nitriles is 1. The summed E-state index contributed by atoms with van der Waals surface area (Å²) in [5, 5.41) is 10.6. The van der Waals surface area contributed by atoms with Crippen molar-refractivity contribution in [3.63, 3.8) is 0 Å². The molecule has 2 nitrogen and oxygen atoms in total. The first kappa shape index (κ1) is 22.1. The Morgan fingerprint density at radius 3 is 1.90 bits per heavy atom. The van der Waals surface area contributed by atoms with Crippen molar-refractivity contribution in [2.24, 2.45) is 5.92 Å². The van der Waals surface area contributed by atoms with E-state index in [0.29, 0.717) is 5.92 Å². The van der Waals surface area contributed by atoms with Gasteiger partial charge in [-0.2, -0.15) is 5.26 Å². The number of nitrogens with zero attached hydrogens (tertiary/aromatic N) is 2. The van der Waals surface area contributed by atoms with Crippen molar-refractivity contribution in [3.05, 3.63) is 71.8 Å². The van der Waals surface area contributed by atoms with Gasteiger partial charge in [0.15, 0.2) is 0 Å². The fraction of sp³-hybridized carbons (Fsp3) is 0.552. The number of hydrogen-bond donors (Lipinski definition) is 0. The van der Waals surface area contributed by atoms with Crippen LogP contribution >= 0.6 is 0 Å². The molecular formula is C29H39N2+. The Bertz CT molecular complexity index is 813. The van der Waals surface area contributed by atoms with Crippen LogP contribution in [0.1, 0.15) is 75.8 Å². The highest BCUT2D eigenvalue weighted by atomic mass is 15.4. The Labute approximate surface area is 189 Å². The van der Waals surface area contributed by atoms with Gasteiger partial charge in [0, 0.05) is 25.7 Å². The Balaban J connectivity index is 1.56. The van der Waals surface area contributed by atoms with Crippen LogP contribution in [0.3, 0.4) is 0 Å². The molecule has 2 fully saturated rings. The molecule has 2 aromatic carbocycles. The maximum atomic E-state index is 10.6. The largest absolute Gasteiger partial charge is 0.321 e. The van der Waals surface area contributed by atoms with Gasteiger partial charge in [-0.05, 0) is 36.3 Å². The summed E-state index contributed by atoms with van der Waals surface area (Å²) in [6, 6.07) is 25.4. The van der Waals surface area contributed by atoms with E-state index in [-0.39, 0.29) is 0 Å². The monoisotopic (exact) mass is 415 g/mol. The number of hydrogen-bond acceptors (Lipinski definition) is 1. The van der Waals surface area contributed by atoms with E-state index < -0.39 is 5.41 Å². The van der Waals surface area contributed by atoms with Crippen molar-refractivity contribution in [1.29, 1.82) is 5.26 Å². The minimum absolute atomic E-state index is 0.547. The second-order valence-corrected chi connectivity index (χ2v) is 10.3. The third-order valence-corrected chi connectivity index (χ3v) is 8.52. The lowest BCUT2D eigenvalue weighted by Gasteiger charge is -2.48. The molecule has 0 N–H and O–H groups in total. The Hall–Kier alpha value is -2.11. The van der Waals surface area contributed by atoms with Gasteiger partial charge in [-0.15, -0.1) is 0 Å². The number of quaternary nitrogens is 1. The van der Waals surface area contributed by atoms with Crippen molar-refractivity contribution < 1.29 is 4.48 Å². The molecule has 2 bridgehead atoms. The Kier molecular flexibility index (Phi) is 6.83. The molecule has 2 atom stereocenters. The predicted octanol–water partition coefficient (Wildman–Crippen LogP) is 6.85. The van der Waals surface area contributed by atoms with Crippen molar-refractivity contribution in [3.8, 4) is 6.07 Å². The van der Waals surface area contributed by atoms with E-state index in [4.69, 9.17) is 0 Å². The minimum Gasteiger partial charge on any atom is -0.321 e. The highest BCUT2D eigenvalue weighted by Gasteiger charge is 2.52. The lowest BCUT2D eigenvalue weighted by atomic mass is 9.67. The quantitative estimate of drug-likeness (QED) is 0.324. The van der Waals surface area contributed by atoms with E-state index in [9.17, 15) is 5.26 Å². The maximum Gasteiger partial charge on any atom is 0.107 e. The van der Waals surface area contributed by atoms with Crippen LogP contribution < -0.4 is 0 Å². The molecule has 2 heterocycles. The lowest BCUT2D eigenvalue weighted by molar-refractivity contribution is -0.949. The Morgan fingerprint density at radius 2 is 1.42 bits per heavy atom. The summed E-state index contributed by atoms with van der Waals surface area (Å²) in [4.78, 5) is 0. The number of benzene rings is 2. The van der Waals surface area contributed by atoms with E-state index in [2.05, 4.69) is 80.7 Å². The molecule has 2 heteroatoms. The van der Waals surface area contributed by atoms with E-state index in [0.717, 1.165) is 29.6 Å². The van der Waals surface area contributed by atoms with Gasteiger partial charge in [-0.3, -0.25) is 0 Å². The molecule has 0 spiro atoms. The van der Waals surface area contributed by atoms with E-state index in [1.54, 1.807) is 0 Å². The molecule has 2 aliphatic heterocycles. The van der Waals surface area contributed by atoms with Crippen LogP contribution in [0.2, 0.25) is 0 Å². The summed E-state index contributed by atoms with van der Waals surface area (Å²) in [5.74, 6) is 0.624. The third-order valence-electron chi connectivity index (χ3n) is 8.52. The molecule has 2 aliphatic rings. The average molecular weight is 416 g/mol. The van der Waals surface area contributed by atoms with Gasteiger partial charge in [0.2, 0.25) is 0 Å². The molecule has 164 valence electrons. The molecule has 2 unspecified atom stereocenters. The summed E-state index contributed by atoms with van der Waals surface area (Å²) in [6.45, 7) is 3.65. The summed E-state index contributed by atoms with van der Waals surface area (Å²) >= 11 is 0. The van der Waals surface area contributed by atoms with Gasteiger partial charge in [0.1, 0.15) is 5.41 Å². The second kappa shape index (κ2) is 9.58. The van der Waals surface area contributed by atoms with Crippen LogP contribution in [0, 0.1) is 17.2 Å². The second-order valence-electron chi connectivity index (χ2n) is 10.3. The van der Waals surface area contributed by atoms with Crippen LogP contribution in [0.25, 0.3) is 0 Å². The molecule has 4 rings (SSSR count). The SMILES string of the molecule is CCCCCC[N+]1(C)C2CCC1CC(CC(C#N)(c1ccccc1)c1ccccc1)C2. The van der Waals surface area contributed by atoms with Gasteiger partial charge in [-0.25, -0.2) is 0 Å². The van der Waals surface area contributed by atoms with Gasteiger partial charge in [0.25, 0.3) is 0 Å². The first-order valence-corrected chi connectivity index (χ1v) is 12.5. The van der Waals surface area contributed by atoms with Crippen LogP contribution in [0.15, 0.2) is 60.7 Å². The fourth-order valence-corrected chi connectivity index (χ4v) is 6.72. The summed E-state index contributed by atoms with van der Waals surface area (Å²) in [7, 11) is 2.54.